The maximum absolute atomic E-state index is 11.4. The minimum atomic E-state index is -0.912. The lowest BCUT2D eigenvalue weighted by atomic mass is 9.80. The summed E-state index contributed by atoms with van der Waals surface area (Å²) in [6, 6.07) is 9.81. The number of aliphatic hydroxyl groups is 3. The van der Waals surface area contributed by atoms with Crippen molar-refractivity contribution in [1.29, 1.82) is 0 Å². The number of aliphatic hydroxyl groups excluding tert-OH is 3. The van der Waals surface area contributed by atoms with E-state index in [2.05, 4.69) is 0 Å². The van der Waals surface area contributed by atoms with Crippen LogP contribution in [0.4, 0.5) is 0 Å². The first-order chi connectivity index (χ1) is 14.2. The summed E-state index contributed by atoms with van der Waals surface area (Å²) in [6.07, 6.45) is 0.305. The topological polar surface area (TPSA) is 96.2 Å². The van der Waals surface area contributed by atoms with Crippen LogP contribution in [0.25, 0.3) is 0 Å². The molecule has 0 radical (unpaired) electrons. The zero-order valence-corrected chi connectivity index (χ0v) is 18.8. The molecular formula is C24H38O6. The molecule has 0 saturated carbocycles. The van der Waals surface area contributed by atoms with E-state index in [0.29, 0.717) is 13.2 Å². The molecule has 0 aliphatic carbocycles. The molecule has 0 fully saturated rings. The van der Waals surface area contributed by atoms with Crippen molar-refractivity contribution in [2.75, 3.05) is 13.2 Å². The molecule has 1 rings (SSSR count). The van der Waals surface area contributed by atoms with E-state index in [1.165, 1.54) is 6.08 Å². The molecule has 0 amide bonds. The second-order valence-corrected chi connectivity index (χ2v) is 8.14. The Balaban J connectivity index is 2.54. The minimum Gasteiger partial charge on any atom is -0.463 e. The summed E-state index contributed by atoms with van der Waals surface area (Å²) in [5.41, 5.74) is 1.06. The number of ether oxygens (including phenoxy) is 2. The van der Waals surface area contributed by atoms with Gasteiger partial charge in [0.2, 0.25) is 0 Å². The van der Waals surface area contributed by atoms with Crippen LogP contribution in [-0.2, 0) is 20.9 Å². The van der Waals surface area contributed by atoms with Gasteiger partial charge in [0.15, 0.2) is 0 Å². The first kappa shape index (κ1) is 26.3. The van der Waals surface area contributed by atoms with Crippen molar-refractivity contribution in [2.45, 2.75) is 59.5 Å². The van der Waals surface area contributed by atoms with Crippen LogP contribution in [-0.4, -0.2) is 52.8 Å². The molecule has 0 aliphatic heterocycles. The third-order valence-corrected chi connectivity index (χ3v) is 5.59. The largest absolute Gasteiger partial charge is 0.463 e. The van der Waals surface area contributed by atoms with Crippen molar-refractivity contribution in [1.82, 2.24) is 0 Å². The molecule has 6 heteroatoms. The normalized spacial score (nSPS) is 18.9. The van der Waals surface area contributed by atoms with E-state index >= 15 is 0 Å². The summed E-state index contributed by atoms with van der Waals surface area (Å²) in [5.74, 6) is -1.93. The van der Waals surface area contributed by atoms with Crippen LogP contribution in [0.3, 0.4) is 0 Å². The Morgan fingerprint density at radius 3 is 2.17 bits per heavy atom. The summed E-state index contributed by atoms with van der Waals surface area (Å²) >= 11 is 0. The van der Waals surface area contributed by atoms with Gasteiger partial charge in [-0.25, -0.2) is 4.79 Å². The number of rotatable bonds is 13. The van der Waals surface area contributed by atoms with Gasteiger partial charge < -0.3 is 24.8 Å². The zero-order valence-electron chi connectivity index (χ0n) is 18.8. The summed E-state index contributed by atoms with van der Waals surface area (Å²) < 4.78 is 10.5. The van der Waals surface area contributed by atoms with Gasteiger partial charge in [0, 0.05) is 29.7 Å². The predicted octanol–water partition coefficient (Wildman–Crippen LogP) is 2.95. The number of benzene rings is 1. The summed E-state index contributed by atoms with van der Waals surface area (Å²) in [5, 5.41) is 31.9. The summed E-state index contributed by atoms with van der Waals surface area (Å²) in [4.78, 5) is 11.4. The van der Waals surface area contributed by atoms with E-state index in [-0.39, 0.29) is 18.4 Å². The molecule has 0 spiro atoms. The third kappa shape index (κ3) is 8.56. The van der Waals surface area contributed by atoms with Crippen LogP contribution in [0.2, 0.25) is 0 Å². The molecule has 1 aromatic rings. The van der Waals surface area contributed by atoms with Crippen molar-refractivity contribution in [2.24, 2.45) is 23.7 Å². The first-order valence-electron chi connectivity index (χ1n) is 10.7. The smallest absolute Gasteiger partial charge is 0.330 e. The summed E-state index contributed by atoms with van der Waals surface area (Å²) in [6.45, 7) is 10.0. The number of hydrogen-bond donors (Lipinski definition) is 3. The Bertz CT molecular complexity index is 632. The second kappa shape index (κ2) is 13.5. The predicted molar refractivity (Wildman–Crippen MR) is 117 cm³/mol. The quantitative estimate of drug-likeness (QED) is 0.334. The van der Waals surface area contributed by atoms with Crippen LogP contribution in [0.15, 0.2) is 42.5 Å². The van der Waals surface area contributed by atoms with Gasteiger partial charge in [-0.3, -0.25) is 0 Å². The molecular weight excluding hydrogens is 384 g/mol. The highest BCUT2D eigenvalue weighted by Crippen LogP contribution is 2.26. The maximum atomic E-state index is 11.4. The van der Waals surface area contributed by atoms with Crippen molar-refractivity contribution in [3.63, 3.8) is 0 Å². The highest BCUT2D eigenvalue weighted by Gasteiger charge is 2.34. The van der Waals surface area contributed by atoms with Gasteiger partial charge in [0.05, 0.1) is 38.1 Å². The Morgan fingerprint density at radius 1 is 0.967 bits per heavy atom. The lowest BCUT2D eigenvalue weighted by Crippen LogP contribution is -2.43. The van der Waals surface area contributed by atoms with Crippen LogP contribution in [0.1, 0.15) is 40.2 Å². The van der Waals surface area contributed by atoms with Crippen LogP contribution in [0.5, 0.6) is 0 Å². The van der Waals surface area contributed by atoms with Gasteiger partial charge in [0.25, 0.3) is 0 Å². The van der Waals surface area contributed by atoms with E-state index in [0.717, 1.165) is 5.56 Å². The lowest BCUT2D eigenvalue weighted by Gasteiger charge is -2.34. The average Bonchev–Trinajstić information content (AvgIpc) is 2.75. The fourth-order valence-electron chi connectivity index (χ4n) is 3.45. The van der Waals surface area contributed by atoms with Gasteiger partial charge in [-0.1, -0.05) is 64.1 Å². The van der Waals surface area contributed by atoms with Crippen LogP contribution in [0, 0.1) is 23.7 Å². The van der Waals surface area contributed by atoms with E-state index in [1.807, 2.05) is 37.3 Å². The Morgan fingerprint density at radius 2 is 1.57 bits per heavy atom. The highest BCUT2D eigenvalue weighted by molar-refractivity contribution is 5.81. The van der Waals surface area contributed by atoms with Crippen molar-refractivity contribution in [3.8, 4) is 0 Å². The molecule has 0 bridgehead atoms. The Kier molecular flexibility index (Phi) is 11.9. The average molecular weight is 423 g/mol. The number of esters is 1. The molecule has 7 atom stereocenters. The molecule has 170 valence electrons. The van der Waals surface area contributed by atoms with Crippen LogP contribution < -0.4 is 0 Å². The number of carbonyl (C=O) groups is 1. The van der Waals surface area contributed by atoms with Gasteiger partial charge >= 0.3 is 5.97 Å². The maximum Gasteiger partial charge on any atom is 0.330 e. The van der Waals surface area contributed by atoms with Crippen LogP contribution >= 0.6 is 0 Å². The molecule has 0 saturated heterocycles. The molecule has 0 heterocycles. The van der Waals surface area contributed by atoms with E-state index in [4.69, 9.17) is 9.47 Å². The minimum absolute atomic E-state index is 0.177. The van der Waals surface area contributed by atoms with Gasteiger partial charge in [-0.05, 0) is 12.5 Å². The highest BCUT2D eigenvalue weighted by atomic mass is 16.5. The summed E-state index contributed by atoms with van der Waals surface area (Å²) in [7, 11) is 0. The number of hydrogen-bond acceptors (Lipinski definition) is 6. The fraction of sp³-hybridized carbons (Fsp3) is 0.625. The third-order valence-electron chi connectivity index (χ3n) is 5.59. The lowest BCUT2D eigenvalue weighted by molar-refractivity contribution is -0.137. The molecule has 30 heavy (non-hydrogen) atoms. The van der Waals surface area contributed by atoms with Gasteiger partial charge in [-0.15, -0.1) is 0 Å². The SMILES string of the molecule is CCOC(=O)/C=C/[C@@H](C)[C@@H](O)[C@H](C)[C@H](O)[C@H](C)[C@H](O)[C@H](C)COCc1ccccc1. The fourth-order valence-corrected chi connectivity index (χ4v) is 3.45. The molecule has 1 aromatic carbocycles. The van der Waals surface area contributed by atoms with Crippen molar-refractivity contribution < 1.29 is 29.6 Å². The van der Waals surface area contributed by atoms with Crippen molar-refractivity contribution in [3.05, 3.63) is 48.0 Å². The molecule has 3 N–H and O–H groups in total. The number of carbonyl (C=O) groups excluding carboxylic acids is 1. The molecule has 0 unspecified atom stereocenters. The van der Waals surface area contributed by atoms with Crippen molar-refractivity contribution >= 4 is 5.97 Å². The van der Waals surface area contributed by atoms with E-state index in [9.17, 15) is 20.1 Å². The Hall–Kier alpha value is -1.73. The standard InChI is InChI=1S/C24H38O6/c1-6-30-21(25)13-12-16(2)22(26)18(4)24(28)19(5)23(27)17(3)14-29-15-20-10-8-7-9-11-20/h7-13,16-19,22-24,26-28H,6,14-15H2,1-5H3/b13-12+/t16-,17-,18+,19-,22-,23-,24+/m1/s1. The van der Waals surface area contributed by atoms with E-state index < -0.39 is 36.1 Å². The Labute approximate surface area is 180 Å². The van der Waals surface area contributed by atoms with Gasteiger partial charge in [0.1, 0.15) is 0 Å². The monoisotopic (exact) mass is 422 g/mol. The van der Waals surface area contributed by atoms with E-state index in [1.54, 1.807) is 33.8 Å². The van der Waals surface area contributed by atoms with Gasteiger partial charge in [-0.2, -0.15) is 0 Å². The second-order valence-electron chi connectivity index (χ2n) is 8.14. The molecule has 0 aromatic heterocycles. The zero-order chi connectivity index (χ0) is 22.7. The molecule has 0 aliphatic rings. The molecule has 6 nitrogen and oxygen atoms in total. The first-order valence-corrected chi connectivity index (χ1v) is 10.7.